The highest BCUT2D eigenvalue weighted by atomic mass is 35.5. The van der Waals surface area contributed by atoms with Crippen LogP contribution < -0.4 is 9.47 Å². The number of ether oxygens (including phenoxy) is 2. The van der Waals surface area contributed by atoms with Crippen LogP contribution in [0.3, 0.4) is 0 Å². The average Bonchev–Trinajstić information content (AvgIpc) is 3.03. The molecule has 3 rings (SSSR count). The smallest absolute Gasteiger partial charge is 0.295 e. The third-order valence-corrected chi connectivity index (χ3v) is 5.50. The molecule has 1 fully saturated rings. The number of likely N-dealkylation sites (tertiary alicyclic amines) is 1. The lowest BCUT2D eigenvalue weighted by Crippen LogP contribution is -2.35. The summed E-state index contributed by atoms with van der Waals surface area (Å²) in [6.07, 6.45) is 0. The van der Waals surface area contributed by atoms with Gasteiger partial charge in [-0.2, -0.15) is 0 Å². The van der Waals surface area contributed by atoms with Crippen LogP contribution in [0.25, 0.3) is 5.76 Å². The predicted octanol–water partition coefficient (Wildman–Crippen LogP) is 3.73. The Hall–Kier alpha value is -3.03. The third-order valence-electron chi connectivity index (χ3n) is 5.25. The number of carbonyl (C=O) groups excluding carboxylic acids is 2. The van der Waals surface area contributed by atoms with Crippen molar-refractivity contribution >= 4 is 29.1 Å². The molecule has 0 aliphatic carbocycles. The largest absolute Gasteiger partial charge is 0.507 e. The Morgan fingerprint density at radius 1 is 1.12 bits per heavy atom. The normalized spacial score (nSPS) is 17.8. The molecule has 170 valence electrons. The van der Waals surface area contributed by atoms with E-state index in [4.69, 9.17) is 21.1 Å². The second-order valence-corrected chi connectivity index (χ2v) is 8.08. The van der Waals surface area contributed by atoms with Crippen LogP contribution in [0.1, 0.15) is 24.1 Å². The van der Waals surface area contributed by atoms with Crippen LogP contribution in [-0.2, 0) is 9.59 Å². The van der Waals surface area contributed by atoms with Crippen molar-refractivity contribution in [1.29, 1.82) is 0 Å². The molecule has 0 aromatic heterocycles. The van der Waals surface area contributed by atoms with E-state index in [1.165, 1.54) is 12.0 Å². The number of Topliss-reactive ketones (excluding diaryl/α,β-unsaturated/α-hetero) is 1. The molecule has 1 atom stereocenters. The maximum Gasteiger partial charge on any atom is 0.295 e. The molecule has 0 radical (unpaired) electrons. The number of halogens is 1. The minimum Gasteiger partial charge on any atom is -0.507 e. The molecule has 0 saturated carbocycles. The lowest BCUT2D eigenvalue weighted by molar-refractivity contribution is -0.140. The fourth-order valence-corrected chi connectivity index (χ4v) is 3.78. The molecule has 2 aromatic rings. The number of carbonyl (C=O) groups is 2. The lowest BCUT2D eigenvalue weighted by Gasteiger charge is -2.27. The van der Waals surface area contributed by atoms with Crippen LogP contribution in [-0.4, -0.2) is 67.5 Å². The van der Waals surface area contributed by atoms with Gasteiger partial charge in [0.25, 0.3) is 11.7 Å². The molecule has 0 bridgehead atoms. The van der Waals surface area contributed by atoms with E-state index in [1.54, 1.807) is 42.5 Å². The van der Waals surface area contributed by atoms with Gasteiger partial charge in [0.05, 0.1) is 25.3 Å². The summed E-state index contributed by atoms with van der Waals surface area (Å²) in [7, 11) is 5.30. The van der Waals surface area contributed by atoms with Crippen molar-refractivity contribution in [3.63, 3.8) is 0 Å². The number of likely N-dealkylation sites (N-methyl/N-ethyl adjacent to an activating group) is 1. The van der Waals surface area contributed by atoms with Gasteiger partial charge in [-0.3, -0.25) is 9.59 Å². The Bertz CT molecular complexity index is 1030. The van der Waals surface area contributed by atoms with Crippen molar-refractivity contribution in [3.05, 3.63) is 64.2 Å². The van der Waals surface area contributed by atoms with Crippen molar-refractivity contribution in [2.24, 2.45) is 0 Å². The van der Waals surface area contributed by atoms with Gasteiger partial charge in [-0.05, 0) is 63.0 Å². The zero-order valence-electron chi connectivity index (χ0n) is 18.6. The summed E-state index contributed by atoms with van der Waals surface area (Å²) in [6, 6.07) is 10.9. The molecule has 2 aromatic carbocycles. The number of amides is 1. The minimum absolute atomic E-state index is 0.0299. The molecular weight excluding hydrogens is 432 g/mol. The van der Waals surface area contributed by atoms with Gasteiger partial charge in [-0.1, -0.05) is 17.7 Å². The maximum atomic E-state index is 13.0. The van der Waals surface area contributed by atoms with E-state index in [2.05, 4.69) is 0 Å². The standard InChI is InChI=1S/C24H27ClN2O5/c1-5-32-18-11-8-16(14-19(18)31-4)21-20(22(28)15-6-9-17(25)10-7-15)23(29)24(30)27(21)13-12-26(2)3/h6-11,14,21,28H,5,12-13H2,1-4H3/b22-20-. The summed E-state index contributed by atoms with van der Waals surface area (Å²) >= 11 is 5.96. The number of hydrogen-bond donors (Lipinski definition) is 1. The second kappa shape index (κ2) is 10.1. The first-order chi connectivity index (χ1) is 15.3. The zero-order chi connectivity index (χ0) is 23.4. The summed E-state index contributed by atoms with van der Waals surface area (Å²) in [6.45, 7) is 3.21. The van der Waals surface area contributed by atoms with Crippen LogP contribution >= 0.6 is 11.6 Å². The number of ketones is 1. The Kier molecular flexibility index (Phi) is 7.43. The van der Waals surface area contributed by atoms with E-state index in [0.29, 0.717) is 47.3 Å². The van der Waals surface area contributed by atoms with Gasteiger partial charge < -0.3 is 24.4 Å². The molecule has 1 amide bonds. The van der Waals surface area contributed by atoms with Crippen molar-refractivity contribution < 1.29 is 24.2 Å². The van der Waals surface area contributed by atoms with Crippen molar-refractivity contribution in [2.75, 3.05) is 40.9 Å². The second-order valence-electron chi connectivity index (χ2n) is 7.65. The zero-order valence-corrected chi connectivity index (χ0v) is 19.3. The number of aliphatic hydroxyl groups is 1. The minimum atomic E-state index is -0.768. The molecule has 1 aliphatic rings. The van der Waals surface area contributed by atoms with E-state index in [-0.39, 0.29) is 11.3 Å². The first-order valence-electron chi connectivity index (χ1n) is 10.3. The van der Waals surface area contributed by atoms with Crippen molar-refractivity contribution in [1.82, 2.24) is 9.80 Å². The molecule has 32 heavy (non-hydrogen) atoms. The number of methoxy groups -OCH3 is 1. The van der Waals surface area contributed by atoms with Gasteiger partial charge >= 0.3 is 0 Å². The highest BCUT2D eigenvalue weighted by Crippen LogP contribution is 2.42. The fraction of sp³-hybridized carbons (Fsp3) is 0.333. The Morgan fingerprint density at radius 2 is 1.81 bits per heavy atom. The van der Waals surface area contributed by atoms with E-state index in [0.717, 1.165) is 0 Å². The van der Waals surface area contributed by atoms with Gasteiger partial charge in [0, 0.05) is 23.7 Å². The molecule has 8 heteroatoms. The topological polar surface area (TPSA) is 79.3 Å². The first kappa shape index (κ1) is 23.6. The average molecular weight is 459 g/mol. The summed E-state index contributed by atoms with van der Waals surface area (Å²) in [4.78, 5) is 29.4. The van der Waals surface area contributed by atoms with Crippen LogP contribution in [0, 0.1) is 0 Å². The summed E-state index contributed by atoms with van der Waals surface area (Å²) in [5.74, 6) is -0.588. The van der Waals surface area contributed by atoms with Crippen LogP contribution in [0.15, 0.2) is 48.0 Å². The molecule has 0 spiro atoms. The number of benzene rings is 2. The molecule has 1 unspecified atom stereocenters. The van der Waals surface area contributed by atoms with Gasteiger partial charge in [0.15, 0.2) is 11.5 Å². The lowest BCUT2D eigenvalue weighted by atomic mass is 9.95. The fourth-order valence-electron chi connectivity index (χ4n) is 3.66. The molecule has 1 N–H and O–H groups in total. The van der Waals surface area contributed by atoms with Gasteiger partial charge in [-0.15, -0.1) is 0 Å². The monoisotopic (exact) mass is 458 g/mol. The highest BCUT2D eigenvalue weighted by Gasteiger charge is 2.46. The molecule has 1 heterocycles. The van der Waals surface area contributed by atoms with E-state index in [9.17, 15) is 14.7 Å². The van der Waals surface area contributed by atoms with E-state index in [1.807, 2.05) is 25.9 Å². The van der Waals surface area contributed by atoms with Crippen molar-refractivity contribution in [2.45, 2.75) is 13.0 Å². The predicted molar refractivity (Wildman–Crippen MR) is 123 cm³/mol. The van der Waals surface area contributed by atoms with Crippen LogP contribution in [0.2, 0.25) is 5.02 Å². The Morgan fingerprint density at radius 3 is 2.41 bits per heavy atom. The first-order valence-corrected chi connectivity index (χ1v) is 10.7. The Balaban J connectivity index is 2.16. The highest BCUT2D eigenvalue weighted by molar-refractivity contribution is 6.46. The van der Waals surface area contributed by atoms with Crippen LogP contribution in [0.5, 0.6) is 11.5 Å². The number of rotatable bonds is 8. The van der Waals surface area contributed by atoms with Crippen molar-refractivity contribution in [3.8, 4) is 11.5 Å². The molecule has 1 aliphatic heterocycles. The molecule has 7 nitrogen and oxygen atoms in total. The summed E-state index contributed by atoms with van der Waals surface area (Å²) in [5, 5.41) is 11.6. The van der Waals surface area contributed by atoms with Gasteiger partial charge in [-0.25, -0.2) is 0 Å². The SMILES string of the molecule is CCOc1ccc(C2/C(=C(/O)c3ccc(Cl)cc3)C(=O)C(=O)N2CCN(C)C)cc1OC. The number of aliphatic hydroxyl groups excluding tert-OH is 1. The van der Waals surface area contributed by atoms with Gasteiger partial charge in [0.1, 0.15) is 5.76 Å². The maximum absolute atomic E-state index is 13.0. The molecular formula is C24H27ClN2O5. The quantitative estimate of drug-likeness (QED) is 0.369. The number of nitrogens with zero attached hydrogens (tertiary/aromatic N) is 2. The van der Waals surface area contributed by atoms with E-state index < -0.39 is 17.7 Å². The molecule has 1 saturated heterocycles. The summed E-state index contributed by atoms with van der Waals surface area (Å²) < 4.78 is 11.1. The number of hydrogen-bond acceptors (Lipinski definition) is 6. The van der Waals surface area contributed by atoms with Gasteiger partial charge in [0.2, 0.25) is 0 Å². The third kappa shape index (κ3) is 4.74. The van der Waals surface area contributed by atoms with E-state index >= 15 is 0 Å². The Labute approximate surface area is 192 Å². The van der Waals surface area contributed by atoms with Crippen LogP contribution in [0.4, 0.5) is 0 Å². The summed E-state index contributed by atoms with van der Waals surface area (Å²) in [5.41, 5.74) is 1.07.